The summed E-state index contributed by atoms with van der Waals surface area (Å²) in [5.74, 6) is 0. The molecule has 0 bridgehead atoms. The first-order valence-corrected chi connectivity index (χ1v) is 7.09. The average Bonchev–Trinajstić information content (AvgIpc) is 2.92. The molecule has 4 heteroatoms. The Morgan fingerprint density at radius 2 is 2.11 bits per heavy atom. The molecule has 0 aliphatic heterocycles. The molecule has 0 radical (unpaired) electrons. The molecule has 3 nitrogen and oxygen atoms in total. The molecule has 96 valence electrons. The number of thiazole rings is 1. The summed E-state index contributed by atoms with van der Waals surface area (Å²) in [4.78, 5) is 4.17. The Bertz CT molecular complexity index is 417. The van der Waals surface area contributed by atoms with Crippen LogP contribution in [0.5, 0.6) is 0 Å². The summed E-state index contributed by atoms with van der Waals surface area (Å²) in [6.45, 7) is 3.31. The van der Waals surface area contributed by atoms with E-state index in [-0.39, 0.29) is 0 Å². The van der Waals surface area contributed by atoms with Gasteiger partial charge in [0.25, 0.3) is 0 Å². The second-order valence-corrected chi connectivity index (χ2v) is 4.77. The molecule has 2 rings (SSSR count). The van der Waals surface area contributed by atoms with E-state index in [1.54, 1.807) is 11.3 Å². The molecule has 2 aromatic rings. The summed E-state index contributed by atoms with van der Waals surface area (Å²) in [5.41, 5.74) is 4.18. The van der Waals surface area contributed by atoms with Gasteiger partial charge in [0.05, 0.1) is 17.8 Å². The molecule has 0 saturated heterocycles. The van der Waals surface area contributed by atoms with Crippen LogP contribution in [0.3, 0.4) is 0 Å². The van der Waals surface area contributed by atoms with Gasteiger partial charge in [-0.25, -0.2) is 4.98 Å². The third-order valence-electron chi connectivity index (χ3n) is 2.55. The van der Waals surface area contributed by atoms with Crippen molar-refractivity contribution >= 4 is 11.3 Å². The zero-order chi connectivity index (χ0) is 12.5. The topological polar surface area (TPSA) is 34.1 Å². The zero-order valence-electron chi connectivity index (χ0n) is 10.3. The molecule has 1 N–H and O–H groups in total. The molecule has 18 heavy (non-hydrogen) atoms. The Morgan fingerprint density at radius 1 is 1.22 bits per heavy atom. The van der Waals surface area contributed by atoms with Crippen LogP contribution in [0.2, 0.25) is 0 Å². The van der Waals surface area contributed by atoms with Gasteiger partial charge in [0.1, 0.15) is 0 Å². The van der Waals surface area contributed by atoms with Crippen LogP contribution < -0.4 is 5.32 Å². The summed E-state index contributed by atoms with van der Waals surface area (Å²) in [6, 6.07) is 10.4. The molecule has 0 aliphatic carbocycles. The van der Waals surface area contributed by atoms with Crippen molar-refractivity contribution in [3.63, 3.8) is 0 Å². The van der Waals surface area contributed by atoms with Gasteiger partial charge in [0.2, 0.25) is 0 Å². The summed E-state index contributed by atoms with van der Waals surface area (Å²) < 4.78 is 5.53. The first kappa shape index (κ1) is 13.2. The van der Waals surface area contributed by atoms with Crippen LogP contribution in [0.25, 0.3) is 0 Å². The van der Waals surface area contributed by atoms with Crippen LogP contribution in [-0.2, 0) is 17.9 Å². The third kappa shape index (κ3) is 4.96. The Balaban J connectivity index is 1.47. The van der Waals surface area contributed by atoms with E-state index in [9.17, 15) is 0 Å². The molecule has 0 fully saturated rings. The van der Waals surface area contributed by atoms with Crippen LogP contribution >= 0.6 is 11.3 Å². The minimum Gasteiger partial charge on any atom is -0.375 e. The minimum absolute atomic E-state index is 0.627. The zero-order valence-corrected chi connectivity index (χ0v) is 11.2. The second-order valence-electron chi connectivity index (χ2n) is 4.05. The fourth-order valence-electron chi connectivity index (χ4n) is 1.61. The number of rotatable bonds is 8. The van der Waals surface area contributed by atoms with Gasteiger partial charge in [0, 0.05) is 18.5 Å². The van der Waals surface area contributed by atoms with Gasteiger partial charge in [-0.2, -0.15) is 0 Å². The molecular weight excluding hydrogens is 244 g/mol. The first-order valence-electron chi connectivity index (χ1n) is 6.14. The van der Waals surface area contributed by atoms with Crippen LogP contribution in [0, 0.1) is 0 Å². The van der Waals surface area contributed by atoms with Crippen LogP contribution in [0.1, 0.15) is 17.7 Å². The summed E-state index contributed by atoms with van der Waals surface area (Å²) >= 11 is 1.61. The molecule has 1 aromatic heterocycles. The second kappa shape index (κ2) is 7.97. The summed E-state index contributed by atoms with van der Waals surface area (Å²) in [6.07, 6.45) is 1.02. The number of ether oxygens (including phenoxy) is 1. The van der Waals surface area contributed by atoms with E-state index >= 15 is 0 Å². The van der Waals surface area contributed by atoms with E-state index in [4.69, 9.17) is 4.74 Å². The van der Waals surface area contributed by atoms with Gasteiger partial charge in [-0.3, -0.25) is 0 Å². The van der Waals surface area contributed by atoms with E-state index in [1.165, 1.54) is 5.56 Å². The third-order valence-corrected chi connectivity index (χ3v) is 3.18. The average molecular weight is 262 g/mol. The highest BCUT2D eigenvalue weighted by atomic mass is 32.1. The number of benzene rings is 1. The Labute approximate surface area is 112 Å². The molecule has 0 aliphatic rings. The van der Waals surface area contributed by atoms with Gasteiger partial charge in [-0.15, -0.1) is 11.3 Å². The number of nitrogens with one attached hydrogen (secondary N) is 1. The van der Waals surface area contributed by atoms with E-state index in [1.807, 2.05) is 17.0 Å². The maximum Gasteiger partial charge on any atom is 0.0896 e. The monoisotopic (exact) mass is 262 g/mol. The van der Waals surface area contributed by atoms with Gasteiger partial charge in [-0.05, 0) is 18.5 Å². The minimum atomic E-state index is 0.627. The van der Waals surface area contributed by atoms with E-state index in [0.717, 1.165) is 31.8 Å². The van der Waals surface area contributed by atoms with Crippen LogP contribution in [0.15, 0.2) is 41.2 Å². The molecule has 0 atom stereocenters. The molecule has 1 heterocycles. The Morgan fingerprint density at radius 3 is 2.89 bits per heavy atom. The van der Waals surface area contributed by atoms with Crippen molar-refractivity contribution in [2.75, 3.05) is 13.2 Å². The number of aromatic nitrogens is 1. The highest BCUT2D eigenvalue weighted by molar-refractivity contribution is 7.07. The molecule has 0 spiro atoms. The lowest BCUT2D eigenvalue weighted by atomic mass is 10.2. The van der Waals surface area contributed by atoms with Gasteiger partial charge in [-0.1, -0.05) is 30.3 Å². The van der Waals surface area contributed by atoms with Crippen molar-refractivity contribution < 1.29 is 4.74 Å². The maximum absolute atomic E-state index is 5.53. The summed E-state index contributed by atoms with van der Waals surface area (Å²) in [5, 5.41) is 5.42. The fourth-order valence-corrected chi connectivity index (χ4v) is 2.16. The largest absolute Gasteiger partial charge is 0.375 e. The van der Waals surface area contributed by atoms with Crippen molar-refractivity contribution in [3.05, 3.63) is 52.5 Å². The standard InChI is InChI=1S/C14H18N2OS/c1-2-5-13(6-3-1)9-15-7-4-8-17-10-14-11-18-12-16-14/h1-3,5-6,11-12,15H,4,7-10H2. The predicted octanol–water partition coefficient (Wildman–Crippen LogP) is 2.84. The Kier molecular flexibility index (Phi) is 5.85. The quantitative estimate of drug-likeness (QED) is 0.743. The van der Waals surface area contributed by atoms with E-state index < -0.39 is 0 Å². The maximum atomic E-state index is 5.53. The molecule has 0 amide bonds. The number of hydrogen-bond donors (Lipinski definition) is 1. The lowest BCUT2D eigenvalue weighted by Gasteiger charge is -2.05. The predicted molar refractivity (Wildman–Crippen MR) is 74.5 cm³/mol. The number of nitrogens with zero attached hydrogens (tertiary/aromatic N) is 1. The van der Waals surface area contributed by atoms with Crippen molar-refractivity contribution in [1.82, 2.24) is 10.3 Å². The highest BCUT2D eigenvalue weighted by Crippen LogP contribution is 2.02. The lowest BCUT2D eigenvalue weighted by molar-refractivity contribution is 0.116. The SMILES string of the molecule is c1ccc(CNCCCOCc2cscn2)cc1. The first-order chi connectivity index (χ1) is 8.95. The van der Waals surface area contributed by atoms with Gasteiger partial charge in [0.15, 0.2) is 0 Å². The van der Waals surface area contributed by atoms with E-state index in [2.05, 4.69) is 34.6 Å². The van der Waals surface area contributed by atoms with Crippen molar-refractivity contribution in [2.24, 2.45) is 0 Å². The number of hydrogen-bond acceptors (Lipinski definition) is 4. The molecule has 0 unspecified atom stereocenters. The van der Waals surface area contributed by atoms with Gasteiger partial charge < -0.3 is 10.1 Å². The smallest absolute Gasteiger partial charge is 0.0896 e. The summed E-state index contributed by atoms with van der Waals surface area (Å²) in [7, 11) is 0. The van der Waals surface area contributed by atoms with E-state index in [0.29, 0.717) is 6.61 Å². The normalized spacial score (nSPS) is 10.7. The lowest BCUT2D eigenvalue weighted by Crippen LogP contribution is -2.16. The molecular formula is C14H18N2OS. The fraction of sp³-hybridized carbons (Fsp3) is 0.357. The Hall–Kier alpha value is -1.23. The highest BCUT2D eigenvalue weighted by Gasteiger charge is 1.95. The van der Waals surface area contributed by atoms with Crippen molar-refractivity contribution in [2.45, 2.75) is 19.6 Å². The molecule has 0 saturated carbocycles. The molecule has 1 aromatic carbocycles. The van der Waals surface area contributed by atoms with Crippen molar-refractivity contribution in [3.8, 4) is 0 Å². The van der Waals surface area contributed by atoms with Crippen LogP contribution in [-0.4, -0.2) is 18.1 Å². The van der Waals surface area contributed by atoms with Gasteiger partial charge >= 0.3 is 0 Å². The van der Waals surface area contributed by atoms with Crippen molar-refractivity contribution in [1.29, 1.82) is 0 Å². The van der Waals surface area contributed by atoms with Crippen LogP contribution in [0.4, 0.5) is 0 Å².